The third-order valence-electron chi connectivity index (χ3n) is 3.01. The molecule has 4 heteroatoms. The summed E-state index contributed by atoms with van der Waals surface area (Å²) in [5.74, 6) is 1.01. The summed E-state index contributed by atoms with van der Waals surface area (Å²) in [5.41, 5.74) is 2.73. The second-order valence-electron chi connectivity index (χ2n) is 4.32. The molecule has 1 fully saturated rings. The summed E-state index contributed by atoms with van der Waals surface area (Å²) in [6, 6.07) is 0.688. The van der Waals surface area contributed by atoms with Crippen molar-refractivity contribution in [2.24, 2.45) is 0 Å². The predicted octanol–water partition coefficient (Wildman–Crippen LogP) is 3.20. The molecule has 0 bridgehead atoms. The van der Waals surface area contributed by atoms with Crippen molar-refractivity contribution < 1.29 is 0 Å². The molecule has 1 aliphatic carbocycles. The highest BCUT2D eigenvalue weighted by atomic mass is 32.1. The smallest absolute Gasteiger partial charge is 0.203 e. The Bertz CT molecular complexity index is 482. The minimum Gasteiger partial charge on any atom is -0.352 e. The van der Waals surface area contributed by atoms with Gasteiger partial charge in [0.1, 0.15) is 0 Å². The van der Waals surface area contributed by atoms with E-state index in [0.717, 1.165) is 12.5 Å². The molecule has 0 aliphatic heterocycles. The number of nitrogens with one attached hydrogen (secondary N) is 1. The van der Waals surface area contributed by atoms with E-state index in [-0.39, 0.29) is 0 Å². The molecule has 1 saturated carbocycles. The minimum atomic E-state index is 0.688. The van der Waals surface area contributed by atoms with Gasteiger partial charge in [-0.2, -0.15) is 11.3 Å². The zero-order valence-corrected chi connectivity index (χ0v) is 10.1. The molecule has 0 radical (unpaired) electrons. The van der Waals surface area contributed by atoms with Crippen LogP contribution in [0.5, 0.6) is 0 Å². The first-order chi connectivity index (χ1) is 7.84. The molecular formula is C12H15N3S. The number of aromatic nitrogens is 2. The van der Waals surface area contributed by atoms with Crippen LogP contribution in [0.4, 0.5) is 5.95 Å². The lowest BCUT2D eigenvalue weighted by Crippen LogP contribution is -2.06. The molecule has 0 unspecified atom stereocenters. The predicted molar refractivity (Wildman–Crippen MR) is 66.9 cm³/mol. The van der Waals surface area contributed by atoms with Crippen molar-refractivity contribution in [3.63, 3.8) is 0 Å². The lowest BCUT2D eigenvalue weighted by Gasteiger charge is -2.08. The van der Waals surface area contributed by atoms with E-state index in [1.54, 1.807) is 11.3 Å². The Morgan fingerprint density at radius 2 is 2.38 bits per heavy atom. The summed E-state index contributed by atoms with van der Waals surface area (Å²) in [7, 11) is 0. The molecule has 0 spiro atoms. The van der Waals surface area contributed by atoms with E-state index in [2.05, 4.69) is 38.7 Å². The van der Waals surface area contributed by atoms with Gasteiger partial charge < -0.3 is 9.88 Å². The Hall–Kier alpha value is -1.29. The standard InChI is InChI=1S/C12H15N3S/c1-9-7-16-8-10(9)6-14-12-13-4-5-15(12)11-2-3-11/h4-5,7-8,11H,2-3,6H2,1H3,(H,13,14). The summed E-state index contributed by atoms with van der Waals surface area (Å²) >= 11 is 1.76. The topological polar surface area (TPSA) is 29.9 Å². The zero-order chi connectivity index (χ0) is 11.0. The first-order valence-electron chi connectivity index (χ1n) is 5.63. The van der Waals surface area contributed by atoms with Crippen molar-refractivity contribution in [1.82, 2.24) is 9.55 Å². The van der Waals surface area contributed by atoms with Crippen molar-refractivity contribution in [1.29, 1.82) is 0 Å². The Morgan fingerprint density at radius 1 is 1.50 bits per heavy atom. The summed E-state index contributed by atoms with van der Waals surface area (Å²) in [6.07, 6.45) is 6.53. The fourth-order valence-corrected chi connectivity index (χ4v) is 2.70. The Kier molecular flexibility index (Phi) is 2.44. The van der Waals surface area contributed by atoms with Crippen LogP contribution in [0.1, 0.15) is 30.0 Å². The minimum absolute atomic E-state index is 0.688. The van der Waals surface area contributed by atoms with Crippen molar-refractivity contribution in [3.05, 3.63) is 34.3 Å². The van der Waals surface area contributed by atoms with Crippen molar-refractivity contribution in [3.8, 4) is 0 Å². The van der Waals surface area contributed by atoms with Gasteiger partial charge in [-0.15, -0.1) is 0 Å². The van der Waals surface area contributed by atoms with Gasteiger partial charge in [-0.25, -0.2) is 4.98 Å². The van der Waals surface area contributed by atoms with Crippen LogP contribution < -0.4 is 5.32 Å². The van der Waals surface area contributed by atoms with Crippen molar-refractivity contribution >= 4 is 17.3 Å². The molecule has 0 atom stereocenters. The maximum absolute atomic E-state index is 4.36. The average molecular weight is 233 g/mol. The highest BCUT2D eigenvalue weighted by molar-refractivity contribution is 7.08. The van der Waals surface area contributed by atoms with E-state index < -0.39 is 0 Å². The summed E-state index contributed by atoms with van der Waals surface area (Å²) in [5, 5.41) is 7.80. The molecule has 3 nitrogen and oxygen atoms in total. The molecule has 1 N–H and O–H groups in total. The Morgan fingerprint density at radius 3 is 3.06 bits per heavy atom. The molecule has 84 valence electrons. The van der Waals surface area contributed by atoms with Crippen molar-refractivity contribution in [2.45, 2.75) is 32.4 Å². The highest BCUT2D eigenvalue weighted by Crippen LogP contribution is 2.36. The normalized spacial score (nSPS) is 15.3. The fourth-order valence-electron chi connectivity index (χ4n) is 1.84. The van der Waals surface area contributed by atoms with Crippen LogP contribution in [0.15, 0.2) is 23.2 Å². The molecular weight excluding hydrogens is 218 g/mol. The van der Waals surface area contributed by atoms with E-state index in [0.29, 0.717) is 6.04 Å². The fraction of sp³-hybridized carbons (Fsp3) is 0.417. The van der Waals surface area contributed by atoms with Gasteiger partial charge >= 0.3 is 0 Å². The average Bonchev–Trinajstić information content (AvgIpc) is 2.88. The van der Waals surface area contributed by atoms with Gasteiger partial charge in [0, 0.05) is 25.0 Å². The van der Waals surface area contributed by atoms with E-state index in [1.807, 2.05) is 6.20 Å². The van der Waals surface area contributed by atoms with Gasteiger partial charge in [0.05, 0.1) is 0 Å². The quantitative estimate of drug-likeness (QED) is 0.879. The van der Waals surface area contributed by atoms with Gasteiger partial charge in [0.25, 0.3) is 0 Å². The maximum atomic E-state index is 4.36. The number of aryl methyl sites for hydroxylation is 1. The molecule has 2 aromatic heterocycles. The monoisotopic (exact) mass is 233 g/mol. The molecule has 0 aromatic carbocycles. The number of thiophene rings is 1. The summed E-state index contributed by atoms with van der Waals surface area (Å²) in [4.78, 5) is 4.36. The van der Waals surface area contributed by atoms with Crippen LogP contribution in [0.25, 0.3) is 0 Å². The van der Waals surface area contributed by atoms with Crippen LogP contribution in [-0.2, 0) is 6.54 Å². The Balaban J connectivity index is 1.70. The van der Waals surface area contributed by atoms with E-state index >= 15 is 0 Å². The third-order valence-corrected chi connectivity index (χ3v) is 3.92. The second kappa shape index (κ2) is 3.94. The van der Waals surface area contributed by atoms with Crippen LogP contribution in [0.3, 0.4) is 0 Å². The van der Waals surface area contributed by atoms with E-state index in [4.69, 9.17) is 0 Å². The third kappa shape index (κ3) is 1.85. The lowest BCUT2D eigenvalue weighted by molar-refractivity contribution is 0.743. The zero-order valence-electron chi connectivity index (χ0n) is 9.31. The van der Waals surface area contributed by atoms with Crippen LogP contribution >= 0.6 is 11.3 Å². The van der Waals surface area contributed by atoms with Crippen molar-refractivity contribution in [2.75, 3.05) is 5.32 Å². The maximum Gasteiger partial charge on any atom is 0.203 e. The van der Waals surface area contributed by atoms with E-state index in [9.17, 15) is 0 Å². The van der Waals surface area contributed by atoms with Crippen LogP contribution in [0, 0.1) is 6.92 Å². The molecule has 0 saturated heterocycles. The molecule has 0 amide bonds. The van der Waals surface area contributed by atoms with Gasteiger partial charge in [-0.05, 0) is 41.7 Å². The summed E-state index contributed by atoms with van der Waals surface area (Å²) < 4.78 is 2.25. The van der Waals surface area contributed by atoms with E-state index in [1.165, 1.54) is 24.0 Å². The number of anilines is 1. The lowest BCUT2D eigenvalue weighted by atomic mass is 10.2. The van der Waals surface area contributed by atoms with Crippen LogP contribution in [-0.4, -0.2) is 9.55 Å². The van der Waals surface area contributed by atoms with Gasteiger partial charge in [0.15, 0.2) is 0 Å². The van der Waals surface area contributed by atoms with Gasteiger partial charge in [-0.3, -0.25) is 0 Å². The molecule has 16 heavy (non-hydrogen) atoms. The largest absolute Gasteiger partial charge is 0.352 e. The molecule has 2 heterocycles. The Labute approximate surface area is 99.1 Å². The first kappa shape index (κ1) is 9.90. The molecule has 2 aromatic rings. The molecule has 3 rings (SSSR count). The second-order valence-corrected chi connectivity index (χ2v) is 5.07. The number of rotatable bonds is 4. The highest BCUT2D eigenvalue weighted by Gasteiger charge is 2.25. The number of hydrogen-bond acceptors (Lipinski definition) is 3. The molecule has 1 aliphatic rings. The number of hydrogen-bond donors (Lipinski definition) is 1. The van der Waals surface area contributed by atoms with Crippen LogP contribution in [0.2, 0.25) is 0 Å². The SMILES string of the molecule is Cc1cscc1CNc1nccn1C1CC1. The number of imidazole rings is 1. The first-order valence-corrected chi connectivity index (χ1v) is 6.57. The number of nitrogens with zero attached hydrogens (tertiary/aromatic N) is 2. The van der Waals surface area contributed by atoms with Gasteiger partial charge in [-0.1, -0.05) is 0 Å². The van der Waals surface area contributed by atoms with Gasteiger partial charge in [0.2, 0.25) is 5.95 Å². The summed E-state index contributed by atoms with van der Waals surface area (Å²) in [6.45, 7) is 3.03.